The lowest BCUT2D eigenvalue weighted by atomic mass is 10.0. The molecule has 2 atom stereocenters. The number of amides is 2. The second-order valence-corrected chi connectivity index (χ2v) is 9.17. The lowest BCUT2D eigenvalue weighted by molar-refractivity contribution is -0.143. The summed E-state index contributed by atoms with van der Waals surface area (Å²) in [7, 11) is 0. The van der Waals surface area contributed by atoms with Crippen molar-refractivity contribution < 1.29 is 14.3 Å². The molecule has 0 radical (unpaired) electrons. The number of hydrogen-bond acceptors (Lipinski definition) is 3. The number of rotatable bonds is 11. The van der Waals surface area contributed by atoms with E-state index in [4.69, 9.17) is 16.3 Å². The topological polar surface area (TPSA) is 58.6 Å². The van der Waals surface area contributed by atoms with E-state index in [1.165, 1.54) is 0 Å². The third kappa shape index (κ3) is 7.86. The van der Waals surface area contributed by atoms with E-state index in [9.17, 15) is 9.59 Å². The van der Waals surface area contributed by atoms with Crippen LogP contribution in [0.25, 0.3) is 0 Å². The van der Waals surface area contributed by atoms with Crippen LogP contribution >= 0.6 is 11.6 Å². The summed E-state index contributed by atoms with van der Waals surface area (Å²) in [4.78, 5) is 28.7. The van der Waals surface area contributed by atoms with Crippen molar-refractivity contribution in [3.63, 3.8) is 0 Å². The standard InChI is InChI=1S/C29H33ClN2O3/c1-4-22(3)31-29(34)26(18-23-12-6-5-7-13-23)32(19-24-14-10-15-25(30)17-24)28(33)20-35-27-16-9-8-11-21(27)2/h5-17,22,26H,4,18-20H2,1-3H3,(H,31,34)/t22-,26-/m0/s1. The molecule has 0 heterocycles. The summed E-state index contributed by atoms with van der Waals surface area (Å²) >= 11 is 6.22. The smallest absolute Gasteiger partial charge is 0.261 e. The van der Waals surface area contributed by atoms with Crippen molar-refractivity contribution in [1.82, 2.24) is 10.2 Å². The average molecular weight is 493 g/mol. The maximum Gasteiger partial charge on any atom is 0.261 e. The predicted octanol–water partition coefficient (Wildman–Crippen LogP) is 5.58. The summed E-state index contributed by atoms with van der Waals surface area (Å²) in [6.45, 7) is 5.97. The maximum absolute atomic E-state index is 13.6. The fraction of sp³-hybridized carbons (Fsp3) is 0.310. The lowest BCUT2D eigenvalue weighted by Crippen LogP contribution is -2.53. The molecule has 0 fully saturated rings. The second-order valence-electron chi connectivity index (χ2n) is 8.73. The zero-order valence-electron chi connectivity index (χ0n) is 20.5. The SMILES string of the molecule is CC[C@H](C)NC(=O)[C@H](Cc1ccccc1)N(Cc1cccc(Cl)c1)C(=O)COc1ccccc1C. The van der Waals surface area contributed by atoms with Crippen molar-refractivity contribution in [3.05, 3.63) is 101 Å². The monoisotopic (exact) mass is 492 g/mol. The summed E-state index contributed by atoms with van der Waals surface area (Å²) < 4.78 is 5.87. The van der Waals surface area contributed by atoms with Crippen LogP contribution in [0.1, 0.15) is 37.0 Å². The first kappa shape index (κ1) is 26.3. The Balaban J connectivity index is 1.92. The largest absolute Gasteiger partial charge is 0.484 e. The normalized spacial score (nSPS) is 12.5. The Kier molecular flexibility index (Phi) is 9.74. The molecular formula is C29H33ClN2O3. The van der Waals surface area contributed by atoms with Crippen LogP contribution in [0.15, 0.2) is 78.9 Å². The molecule has 0 aliphatic carbocycles. The van der Waals surface area contributed by atoms with Crippen LogP contribution in [0, 0.1) is 6.92 Å². The molecule has 35 heavy (non-hydrogen) atoms. The van der Waals surface area contributed by atoms with Crippen LogP contribution in [0.4, 0.5) is 0 Å². The van der Waals surface area contributed by atoms with Crippen molar-refractivity contribution in [2.24, 2.45) is 0 Å². The van der Waals surface area contributed by atoms with Gasteiger partial charge in [0.15, 0.2) is 6.61 Å². The number of aryl methyl sites for hydroxylation is 1. The highest BCUT2D eigenvalue weighted by Gasteiger charge is 2.31. The van der Waals surface area contributed by atoms with Crippen LogP contribution in [-0.2, 0) is 22.6 Å². The van der Waals surface area contributed by atoms with Gasteiger partial charge in [-0.2, -0.15) is 0 Å². The number of para-hydroxylation sites is 1. The minimum absolute atomic E-state index is 0.00730. The Hall–Kier alpha value is -3.31. The van der Waals surface area contributed by atoms with E-state index in [2.05, 4.69) is 5.32 Å². The molecule has 0 aliphatic rings. The van der Waals surface area contributed by atoms with Crippen LogP contribution < -0.4 is 10.1 Å². The van der Waals surface area contributed by atoms with Crippen LogP contribution in [0.2, 0.25) is 5.02 Å². The molecular weight excluding hydrogens is 460 g/mol. The van der Waals surface area contributed by atoms with Gasteiger partial charge in [0.25, 0.3) is 5.91 Å². The Labute approximate surface area is 213 Å². The molecule has 0 spiro atoms. The zero-order valence-corrected chi connectivity index (χ0v) is 21.3. The van der Waals surface area contributed by atoms with Crippen molar-refractivity contribution in [2.45, 2.75) is 52.2 Å². The van der Waals surface area contributed by atoms with Crippen LogP contribution in [-0.4, -0.2) is 35.4 Å². The number of halogens is 1. The first-order chi connectivity index (χ1) is 16.9. The fourth-order valence-corrected chi connectivity index (χ4v) is 3.98. The summed E-state index contributed by atoms with van der Waals surface area (Å²) in [5.41, 5.74) is 2.76. The molecule has 1 N–H and O–H groups in total. The zero-order chi connectivity index (χ0) is 25.2. The Bertz CT molecular complexity index is 1120. The number of carbonyl (C=O) groups is 2. The van der Waals surface area contributed by atoms with Crippen LogP contribution in [0.3, 0.4) is 0 Å². The molecule has 3 rings (SSSR count). The van der Waals surface area contributed by atoms with Crippen molar-refractivity contribution in [3.8, 4) is 5.75 Å². The highest BCUT2D eigenvalue weighted by molar-refractivity contribution is 6.30. The maximum atomic E-state index is 13.6. The molecule has 0 saturated carbocycles. The van der Waals surface area contributed by atoms with E-state index in [-0.39, 0.29) is 31.0 Å². The van der Waals surface area contributed by atoms with E-state index < -0.39 is 6.04 Å². The molecule has 3 aromatic rings. The Morgan fingerprint density at radius 2 is 1.66 bits per heavy atom. The molecule has 5 nitrogen and oxygen atoms in total. The van der Waals surface area contributed by atoms with Crippen molar-refractivity contribution >= 4 is 23.4 Å². The van der Waals surface area contributed by atoms with Gasteiger partial charge >= 0.3 is 0 Å². The molecule has 2 amide bonds. The van der Waals surface area contributed by atoms with E-state index in [0.29, 0.717) is 17.2 Å². The molecule has 0 aromatic heterocycles. The van der Waals surface area contributed by atoms with Gasteiger partial charge in [-0.25, -0.2) is 0 Å². The molecule has 0 bridgehead atoms. The number of benzene rings is 3. The quantitative estimate of drug-likeness (QED) is 0.380. The van der Waals surface area contributed by atoms with E-state index in [1.54, 1.807) is 11.0 Å². The first-order valence-corrected chi connectivity index (χ1v) is 12.3. The highest BCUT2D eigenvalue weighted by atomic mass is 35.5. The van der Waals surface area contributed by atoms with Gasteiger partial charge in [0, 0.05) is 24.0 Å². The molecule has 0 saturated heterocycles. The predicted molar refractivity (Wildman–Crippen MR) is 141 cm³/mol. The first-order valence-electron chi connectivity index (χ1n) is 11.9. The van der Waals surface area contributed by atoms with Gasteiger partial charge in [0.2, 0.25) is 5.91 Å². The number of carbonyl (C=O) groups excluding carboxylic acids is 2. The lowest BCUT2D eigenvalue weighted by Gasteiger charge is -2.32. The molecule has 6 heteroatoms. The van der Waals surface area contributed by atoms with Crippen molar-refractivity contribution in [2.75, 3.05) is 6.61 Å². The third-order valence-corrected chi connectivity index (χ3v) is 6.19. The minimum atomic E-state index is -0.710. The fourth-order valence-electron chi connectivity index (χ4n) is 3.77. The summed E-state index contributed by atoms with van der Waals surface area (Å²) in [5.74, 6) is 0.190. The van der Waals surface area contributed by atoms with Gasteiger partial charge in [-0.15, -0.1) is 0 Å². The third-order valence-electron chi connectivity index (χ3n) is 5.96. The molecule has 3 aromatic carbocycles. The average Bonchev–Trinajstić information content (AvgIpc) is 2.86. The van der Waals surface area contributed by atoms with E-state index >= 15 is 0 Å². The van der Waals surface area contributed by atoms with Gasteiger partial charge in [0.1, 0.15) is 11.8 Å². The van der Waals surface area contributed by atoms with Gasteiger partial charge in [-0.05, 0) is 55.2 Å². The molecule has 0 aliphatic heterocycles. The molecule has 0 unspecified atom stereocenters. The Morgan fingerprint density at radius 1 is 0.971 bits per heavy atom. The van der Waals surface area contributed by atoms with E-state index in [0.717, 1.165) is 23.1 Å². The molecule has 184 valence electrons. The van der Waals surface area contributed by atoms with Crippen molar-refractivity contribution in [1.29, 1.82) is 0 Å². The number of nitrogens with one attached hydrogen (secondary N) is 1. The van der Waals surface area contributed by atoms with Crippen LogP contribution in [0.5, 0.6) is 5.75 Å². The van der Waals surface area contributed by atoms with Gasteiger partial charge < -0.3 is 15.0 Å². The van der Waals surface area contributed by atoms with Gasteiger partial charge in [-0.1, -0.05) is 79.2 Å². The summed E-state index contributed by atoms with van der Waals surface area (Å²) in [6, 6.07) is 23.9. The Morgan fingerprint density at radius 3 is 2.34 bits per heavy atom. The number of ether oxygens (including phenoxy) is 1. The summed E-state index contributed by atoms with van der Waals surface area (Å²) in [6.07, 6.45) is 1.18. The summed E-state index contributed by atoms with van der Waals surface area (Å²) in [5, 5.41) is 3.64. The van der Waals surface area contributed by atoms with E-state index in [1.807, 2.05) is 93.6 Å². The second kappa shape index (κ2) is 13.0. The van der Waals surface area contributed by atoms with Gasteiger partial charge in [-0.3, -0.25) is 9.59 Å². The number of hydrogen-bond donors (Lipinski definition) is 1. The van der Waals surface area contributed by atoms with Gasteiger partial charge in [0.05, 0.1) is 0 Å². The minimum Gasteiger partial charge on any atom is -0.484 e. The number of nitrogens with zero attached hydrogens (tertiary/aromatic N) is 1. The highest BCUT2D eigenvalue weighted by Crippen LogP contribution is 2.20.